The average molecular weight is 479 g/mol. The number of fused-ring (bicyclic) bond motifs is 1. The van der Waals surface area contributed by atoms with E-state index in [-0.39, 0.29) is 23.9 Å². The second-order valence-corrected chi connectivity index (χ2v) is 9.28. The van der Waals surface area contributed by atoms with E-state index in [4.69, 9.17) is 10.8 Å². The molecule has 2 saturated carbocycles. The maximum absolute atomic E-state index is 13.0. The molecular weight excluding hydrogens is 448 g/mol. The highest BCUT2D eigenvalue weighted by molar-refractivity contribution is 6.03. The van der Waals surface area contributed by atoms with Crippen molar-refractivity contribution < 1.29 is 9.59 Å². The summed E-state index contributed by atoms with van der Waals surface area (Å²) in [4.78, 5) is 37.2. The van der Waals surface area contributed by atoms with Crippen LogP contribution in [-0.4, -0.2) is 60.5 Å². The highest BCUT2D eigenvalue weighted by atomic mass is 16.2. The number of aromatic nitrogens is 5. The molecule has 0 unspecified atom stereocenters. The molecule has 2 aliphatic rings. The summed E-state index contributed by atoms with van der Waals surface area (Å²) in [6.07, 6.45) is 10.2. The first-order valence-corrected chi connectivity index (χ1v) is 12.0. The van der Waals surface area contributed by atoms with Gasteiger partial charge in [0.1, 0.15) is 18.0 Å². The van der Waals surface area contributed by atoms with E-state index in [0.717, 1.165) is 44.2 Å². The standard InChI is InChI=1S/C23H30N10O2/c1-13(24)22(34)30-16-6-4-15(5-7-16)29-20-10-17(28-14-2-3-14)21-26-11-18(33(21)32-20)23(35)31-19-8-9-25-12-27-19/h8-16,28H,2-7,24H2,1H3,(H,29,32)(H,30,34)(H,25,27,31,35)/t13-,15?,16?/m0/s1. The average Bonchev–Trinajstić information content (AvgIpc) is 3.56. The number of amides is 2. The van der Waals surface area contributed by atoms with Crippen molar-refractivity contribution in [1.29, 1.82) is 0 Å². The molecule has 3 aromatic heterocycles. The van der Waals surface area contributed by atoms with E-state index in [1.54, 1.807) is 23.7 Å². The number of carbonyl (C=O) groups is 2. The van der Waals surface area contributed by atoms with E-state index in [0.29, 0.717) is 29.0 Å². The third kappa shape index (κ3) is 5.48. The van der Waals surface area contributed by atoms with Gasteiger partial charge in [0.05, 0.1) is 17.9 Å². The third-order valence-corrected chi connectivity index (χ3v) is 6.30. The van der Waals surface area contributed by atoms with Gasteiger partial charge in [-0.1, -0.05) is 0 Å². The van der Waals surface area contributed by atoms with E-state index < -0.39 is 6.04 Å². The van der Waals surface area contributed by atoms with Crippen LogP contribution >= 0.6 is 0 Å². The first-order chi connectivity index (χ1) is 17.0. The van der Waals surface area contributed by atoms with Crippen molar-refractivity contribution >= 4 is 34.8 Å². The number of rotatable bonds is 8. The molecule has 0 aromatic carbocycles. The van der Waals surface area contributed by atoms with Crippen LogP contribution in [0.2, 0.25) is 0 Å². The van der Waals surface area contributed by atoms with E-state index in [1.807, 2.05) is 6.07 Å². The number of nitrogens with two attached hydrogens (primary N) is 1. The fourth-order valence-electron chi connectivity index (χ4n) is 4.22. The Balaban J connectivity index is 1.33. The molecule has 0 saturated heterocycles. The molecule has 0 radical (unpaired) electrons. The maximum Gasteiger partial charge on any atom is 0.277 e. The molecule has 3 heterocycles. The van der Waals surface area contributed by atoms with Crippen LogP contribution in [0.15, 0.2) is 30.9 Å². The Labute approximate surface area is 202 Å². The summed E-state index contributed by atoms with van der Waals surface area (Å²) in [5, 5.41) is 17.5. The van der Waals surface area contributed by atoms with Gasteiger partial charge >= 0.3 is 0 Å². The zero-order valence-electron chi connectivity index (χ0n) is 19.6. The number of nitrogens with zero attached hydrogens (tertiary/aromatic N) is 5. The highest BCUT2D eigenvalue weighted by Crippen LogP contribution is 2.30. The molecule has 2 aliphatic carbocycles. The molecule has 0 spiro atoms. The minimum absolute atomic E-state index is 0.114. The van der Waals surface area contributed by atoms with Gasteiger partial charge in [0, 0.05) is 30.4 Å². The van der Waals surface area contributed by atoms with Gasteiger partial charge in [-0.15, -0.1) is 5.10 Å². The maximum atomic E-state index is 13.0. The number of hydrogen-bond acceptors (Lipinski definition) is 9. The quantitative estimate of drug-likeness (QED) is 0.323. The molecule has 35 heavy (non-hydrogen) atoms. The lowest BCUT2D eigenvalue weighted by molar-refractivity contribution is -0.122. The molecular formula is C23H30N10O2. The minimum Gasteiger partial charge on any atom is -0.379 e. The van der Waals surface area contributed by atoms with Crippen LogP contribution in [0.25, 0.3) is 5.65 Å². The largest absolute Gasteiger partial charge is 0.379 e. The topological polar surface area (TPSA) is 164 Å². The molecule has 2 amide bonds. The summed E-state index contributed by atoms with van der Waals surface area (Å²) in [6.45, 7) is 1.69. The van der Waals surface area contributed by atoms with Crippen molar-refractivity contribution in [2.45, 2.75) is 69.6 Å². The van der Waals surface area contributed by atoms with Gasteiger partial charge in [0.15, 0.2) is 11.3 Å². The Morgan fingerprint density at radius 3 is 2.43 bits per heavy atom. The van der Waals surface area contributed by atoms with Gasteiger partial charge in [-0.25, -0.2) is 19.5 Å². The van der Waals surface area contributed by atoms with Crippen molar-refractivity contribution in [2.75, 3.05) is 16.0 Å². The molecule has 1 atom stereocenters. The second kappa shape index (κ2) is 9.82. The molecule has 0 bridgehead atoms. The Morgan fingerprint density at radius 1 is 1.03 bits per heavy atom. The summed E-state index contributed by atoms with van der Waals surface area (Å²) in [7, 11) is 0. The molecule has 6 N–H and O–H groups in total. The molecule has 184 valence electrons. The van der Waals surface area contributed by atoms with Gasteiger partial charge in [-0.05, 0) is 51.5 Å². The number of hydrogen-bond donors (Lipinski definition) is 5. The smallest absolute Gasteiger partial charge is 0.277 e. The molecule has 12 heteroatoms. The Hall–Kier alpha value is -3.80. The Bertz CT molecular complexity index is 1200. The number of anilines is 3. The van der Waals surface area contributed by atoms with Crippen LogP contribution in [0.3, 0.4) is 0 Å². The van der Waals surface area contributed by atoms with Crippen LogP contribution < -0.4 is 27.0 Å². The predicted molar refractivity (Wildman–Crippen MR) is 131 cm³/mol. The number of carbonyl (C=O) groups excluding carboxylic acids is 2. The highest BCUT2D eigenvalue weighted by Gasteiger charge is 2.26. The fraction of sp³-hybridized carbons (Fsp3) is 0.478. The molecule has 3 aromatic rings. The lowest BCUT2D eigenvalue weighted by Gasteiger charge is -2.30. The van der Waals surface area contributed by atoms with Gasteiger partial charge in [-0.3, -0.25) is 9.59 Å². The van der Waals surface area contributed by atoms with Crippen LogP contribution in [0.1, 0.15) is 55.9 Å². The van der Waals surface area contributed by atoms with Crippen molar-refractivity contribution in [3.8, 4) is 0 Å². The molecule has 0 aliphatic heterocycles. The minimum atomic E-state index is -0.505. The van der Waals surface area contributed by atoms with Crippen LogP contribution in [-0.2, 0) is 4.79 Å². The van der Waals surface area contributed by atoms with Gasteiger partial charge in [0.2, 0.25) is 5.91 Å². The summed E-state index contributed by atoms with van der Waals surface area (Å²) in [6, 6.07) is 3.83. The number of imidazole rings is 1. The van der Waals surface area contributed by atoms with Crippen molar-refractivity contribution in [3.63, 3.8) is 0 Å². The van der Waals surface area contributed by atoms with E-state index >= 15 is 0 Å². The van der Waals surface area contributed by atoms with E-state index in [2.05, 4.69) is 36.2 Å². The molecule has 5 rings (SSSR count). The molecule has 2 fully saturated rings. The van der Waals surface area contributed by atoms with Crippen molar-refractivity contribution in [3.05, 3.63) is 36.5 Å². The van der Waals surface area contributed by atoms with Gasteiger partial charge < -0.3 is 27.0 Å². The van der Waals surface area contributed by atoms with Crippen molar-refractivity contribution in [1.82, 2.24) is 29.9 Å². The summed E-state index contributed by atoms with van der Waals surface area (Å²) in [5.41, 5.74) is 7.41. The zero-order chi connectivity index (χ0) is 24.4. The SMILES string of the molecule is C[C@H](N)C(=O)NC1CCC(Nc2cc(NC3CC3)c3ncc(C(=O)Nc4ccncn4)n3n2)CC1. The van der Waals surface area contributed by atoms with E-state index in [9.17, 15) is 9.59 Å². The third-order valence-electron chi connectivity index (χ3n) is 6.30. The van der Waals surface area contributed by atoms with E-state index in [1.165, 1.54) is 12.5 Å². The Morgan fingerprint density at radius 2 is 1.74 bits per heavy atom. The second-order valence-electron chi connectivity index (χ2n) is 9.28. The van der Waals surface area contributed by atoms with Crippen LogP contribution in [0.4, 0.5) is 17.3 Å². The summed E-state index contributed by atoms with van der Waals surface area (Å²) in [5.74, 6) is 0.594. The lowest BCUT2D eigenvalue weighted by Crippen LogP contribution is -2.46. The van der Waals surface area contributed by atoms with Gasteiger partial charge in [0.25, 0.3) is 5.91 Å². The molecule has 12 nitrogen and oxygen atoms in total. The fourth-order valence-corrected chi connectivity index (χ4v) is 4.22. The first kappa shape index (κ1) is 23.0. The zero-order valence-corrected chi connectivity index (χ0v) is 19.6. The van der Waals surface area contributed by atoms with Crippen LogP contribution in [0, 0.1) is 0 Å². The lowest BCUT2D eigenvalue weighted by atomic mass is 9.91. The monoisotopic (exact) mass is 478 g/mol. The normalized spacial score (nSPS) is 20.7. The van der Waals surface area contributed by atoms with Crippen LogP contribution in [0.5, 0.6) is 0 Å². The van der Waals surface area contributed by atoms with Gasteiger partial charge in [-0.2, -0.15) is 0 Å². The van der Waals surface area contributed by atoms with Crippen molar-refractivity contribution in [2.24, 2.45) is 5.73 Å². The number of nitrogens with one attached hydrogen (secondary N) is 4. The predicted octanol–water partition coefficient (Wildman–Crippen LogP) is 1.53. The Kier molecular flexibility index (Phi) is 6.45. The first-order valence-electron chi connectivity index (χ1n) is 12.0. The summed E-state index contributed by atoms with van der Waals surface area (Å²) >= 11 is 0. The summed E-state index contributed by atoms with van der Waals surface area (Å²) < 4.78 is 1.57.